The van der Waals surface area contributed by atoms with Gasteiger partial charge >= 0.3 is 0 Å². The van der Waals surface area contributed by atoms with Crippen molar-refractivity contribution < 1.29 is 0 Å². The van der Waals surface area contributed by atoms with Gasteiger partial charge in [0.05, 0.1) is 12.4 Å². The van der Waals surface area contributed by atoms with E-state index in [2.05, 4.69) is 28.6 Å². The van der Waals surface area contributed by atoms with Crippen LogP contribution in [0.5, 0.6) is 0 Å². The summed E-state index contributed by atoms with van der Waals surface area (Å²) in [6.45, 7) is 4.21. The summed E-state index contributed by atoms with van der Waals surface area (Å²) in [6, 6.07) is 0.475. The van der Waals surface area contributed by atoms with E-state index in [0.29, 0.717) is 6.04 Å². The standard InChI is InChI=1S/C9H14N2/c1-3-5-9(4-2)11-7-6-10-8-11/h3,5-9H,4H2,1-2H3. The molecule has 1 aromatic heterocycles. The number of aromatic nitrogens is 2. The van der Waals surface area contributed by atoms with Crippen LogP contribution in [-0.4, -0.2) is 9.55 Å². The molecule has 2 nitrogen and oxygen atoms in total. The molecule has 0 fully saturated rings. The van der Waals surface area contributed by atoms with E-state index in [1.165, 1.54) is 0 Å². The lowest BCUT2D eigenvalue weighted by Crippen LogP contribution is -2.01. The Morgan fingerprint density at radius 3 is 2.91 bits per heavy atom. The third-order valence-corrected chi connectivity index (χ3v) is 1.74. The Hall–Kier alpha value is -1.05. The molecule has 0 aliphatic carbocycles. The van der Waals surface area contributed by atoms with Crippen molar-refractivity contribution in [3.63, 3.8) is 0 Å². The van der Waals surface area contributed by atoms with Crippen LogP contribution in [0.3, 0.4) is 0 Å². The Kier molecular flexibility index (Phi) is 2.90. The molecule has 0 spiro atoms. The van der Waals surface area contributed by atoms with Gasteiger partial charge in [0.15, 0.2) is 0 Å². The van der Waals surface area contributed by atoms with Crippen LogP contribution in [-0.2, 0) is 0 Å². The summed E-state index contributed by atoms with van der Waals surface area (Å²) in [5.41, 5.74) is 0. The van der Waals surface area contributed by atoms with Crippen LogP contribution >= 0.6 is 0 Å². The maximum atomic E-state index is 4.00. The summed E-state index contributed by atoms with van der Waals surface area (Å²) in [4.78, 5) is 4.00. The smallest absolute Gasteiger partial charge is 0.0951 e. The predicted molar refractivity (Wildman–Crippen MR) is 46.4 cm³/mol. The van der Waals surface area contributed by atoms with Crippen molar-refractivity contribution in [2.45, 2.75) is 26.3 Å². The second-order valence-electron chi connectivity index (χ2n) is 2.51. The zero-order chi connectivity index (χ0) is 8.10. The molecule has 0 amide bonds. The fraction of sp³-hybridized carbons (Fsp3) is 0.444. The molecule has 0 saturated heterocycles. The number of hydrogen-bond acceptors (Lipinski definition) is 1. The molecule has 1 rings (SSSR count). The predicted octanol–water partition coefficient (Wildman–Crippen LogP) is 2.41. The maximum absolute atomic E-state index is 4.00. The van der Waals surface area contributed by atoms with Gasteiger partial charge in [-0.15, -0.1) is 0 Å². The first-order valence-electron chi connectivity index (χ1n) is 3.98. The number of nitrogens with zero attached hydrogens (tertiary/aromatic N) is 2. The SMILES string of the molecule is CC=CC(CC)n1ccnc1. The van der Waals surface area contributed by atoms with Gasteiger partial charge in [0.1, 0.15) is 0 Å². The average molecular weight is 150 g/mol. The summed E-state index contributed by atoms with van der Waals surface area (Å²) < 4.78 is 2.11. The van der Waals surface area contributed by atoms with Gasteiger partial charge in [0.25, 0.3) is 0 Å². The Labute approximate surface area is 67.6 Å². The highest BCUT2D eigenvalue weighted by atomic mass is 15.0. The summed E-state index contributed by atoms with van der Waals surface area (Å²) in [7, 11) is 0. The van der Waals surface area contributed by atoms with Gasteiger partial charge in [0.2, 0.25) is 0 Å². The number of rotatable bonds is 3. The number of imidazole rings is 1. The highest BCUT2D eigenvalue weighted by Crippen LogP contribution is 2.11. The Balaban J connectivity index is 2.71. The average Bonchev–Trinajstić information content (AvgIpc) is 2.52. The van der Waals surface area contributed by atoms with Gasteiger partial charge in [-0.25, -0.2) is 4.98 Å². The molecule has 0 aliphatic rings. The first kappa shape index (κ1) is 8.05. The summed E-state index contributed by atoms with van der Waals surface area (Å²) >= 11 is 0. The van der Waals surface area contributed by atoms with Gasteiger partial charge in [0, 0.05) is 12.4 Å². The molecular weight excluding hydrogens is 136 g/mol. The minimum atomic E-state index is 0.475. The van der Waals surface area contributed by atoms with Gasteiger partial charge in [-0.1, -0.05) is 19.1 Å². The van der Waals surface area contributed by atoms with E-state index in [-0.39, 0.29) is 0 Å². The van der Waals surface area contributed by atoms with E-state index in [1.807, 2.05) is 25.6 Å². The lowest BCUT2D eigenvalue weighted by atomic mass is 10.2. The first-order chi connectivity index (χ1) is 5.38. The second kappa shape index (κ2) is 3.96. The van der Waals surface area contributed by atoms with E-state index in [1.54, 1.807) is 0 Å². The fourth-order valence-corrected chi connectivity index (χ4v) is 1.13. The molecule has 1 heterocycles. The zero-order valence-corrected chi connectivity index (χ0v) is 7.07. The van der Waals surface area contributed by atoms with Crippen LogP contribution in [0.1, 0.15) is 26.3 Å². The van der Waals surface area contributed by atoms with Crippen molar-refractivity contribution in [3.8, 4) is 0 Å². The molecular formula is C9H14N2. The molecule has 0 saturated carbocycles. The van der Waals surface area contributed by atoms with Crippen molar-refractivity contribution in [1.82, 2.24) is 9.55 Å². The van der Waals surface area contributed by atoms with Gasteiger partial charge in [-0.3, -0.25) is 0 Å². The van der Waals surface area contributed by atoms with Crippen molar-refractivity contribution in [3.05, 3.63) is 30.9 Å². The molecule has 0 bridgehead atoms. The summed E-state index contributed by atoms with van der Waals surface area (Å²) in [6.07, 6.45) is 11.0. The quantitative estimate of drug-likeness (QED) is 0.605. The van der Waals surface area contributed by atoms with Crippen molar-refractivity contribution in [2.24, 2.45) is 0 Å². The normalized spacial score (nSPS) is 14.0. The molecule has 0 aromatic carbocycles. The third kappa shape index (κ3) is 1.93. The second-order valence-corrected chi connectivity index (χ2v) is 2.51. The lowest BCUT2D eigenvalue weighted by Gasteiger charge is -2.10. The monoisotopic (exact) mass is 150 g/mol. The topological polar surface area (TPSA) is 17.8 Å². The third-order valence-electron chi connectivity index (χ3n) is 1.74. The Bertz CT molecular complexity index is 211. The molecule has 0 N–H and O–H groups in total. The van der Waals surface area contributed by atoms with Crippen LogP contribution in [0.4, 0.5) is 0 Å². The zero-order valence-electron chi connectivity index (χ0n) is 7.07. The molecule has 1 aromatic rings. The van der Waals surface area contributed by atoms with E-state index in [4.69, 9.17) is 0 Å². The minimum absolute atomic E-state index is 0.475. The molecule has 1 unspecified atom stereocenters. The summed E-state index contributed by atoms with van der Waals surface area (Å²) in [5, 5.41) is 0. The highest BCUT2D eigenvalue weighted by molar-refractivity contribution is 4.92. The van der Waals surface area contributed by atoms with Crippen LogP contribution in [0.25, 0.3) is 0 Å². The molecule has 11 heavy (non-hydrogen) atoms. The Morgan fingerprint density at radius 1 is 1.64 bits per heavy atom. The first-order valence-corrected chi connectivity index (χ1v) is 3.98. The van der Waals surface area contributed by atoms with E-state index < -0.39 is 0 Å². The number of allylic oxidation sites excluding steroid dienone is 2. The van der Waals surface area contributed by atoms with Crippen LogP contribution in [0, 0.1) is 0 Å². The molecule has 0 radical (unpaired) electrons. The van der Waals surface area contributed by atoms with Gasteiger partial charge < -0.3 is 4.57 Å². The van der Waals surface area contributed by atoms with Crippen LogP contribution < -0.4 is 0 Å². The summed E-state index contributed by atoms with van der Waals surface area (Å²) in [5.74, 6) is 0. The largest absolute Gasteiger partial charge is 0.331 e. The van der Waals surface area contributed by atoms with Crippen LogP contribution in [0.2, 0.25) is 0 Å². The van der Waals surface area contributed by atoms with Crippen molar-refractivity contribution >= 4 is 0 Å². The fourth-order valence-electron chi connectivity index (χ4n) is 1.13. The van der Waals surface area contributed by atoms with Crippen molar-refractivity contribution in [1.29, 1.82) is 0 Å². The lowest BCUT2D eigenvalue weighted by molar-refractivity contribution is 0.584. The molecule has 1 atom stereocenters. The molecule has 0 aliphatic heterocycles. The minimum Gasteiger partial charge on any atom is -0.331 e. The Morgan fingerprint density at radius 2 is 2.45 bits per heavy atom. The number of hydrogen-bond donors (Lipinski definition) is 0. The molecule has 2 heteroatoms. The van der Waals surface area contributed by atoms with Gasteiger partial charge in [-0.05, 0) is 13.3 Å². The van der Waals surface area contributed by atoms with E-state index in [9.17, 15) is 0 Å². The van der Waals surface area contributed by atoms with E-state index >= 15 is 0 Å². The van der Waals surface area contributed by atoms with Crippen LogP contribution in [0.15, 0.2) is 30.9 Å². The maximum Gasteiger partial charge on any atom is 0.0951 e. The highest BCUT2D eigenvalue weighted by Gasteiger charge is 2.00. The molecule has 60 valence electrons. The van der Waals surface area contributed by atoms with E-state index in [0.717, 1.165) is 6.42 Å². The van der Waals surface area contributed by atoms with Gasteiger partial charge in [-0.2, -0.15) is 0 Å². The van der Waals surface area contributed by atoms with Crippen molar-refractivity contribution in [2.75, 3.05) is 0 Å².